The zero-order valence-electron chi connectivity index (χ0n) is 13.7. The second-order valence-corrected chi connectivity index (χ2v) is 5.69. The van der Waals surface area contributed by atoms with Crippen LogP contribution in [0.4, 0.5) is 0 Å². The van der Waals surface area contributed by atoms with Gasteiger partial charge in [0, 0.05) is 19.4 Å². The highest BCUT2D eigenvalue weighted by Gasteiger charge is 2.12. The zero-order valence-corrected chi connectivity index (χ0v) is 13.7. The van der Waals surface area contributed by atoms with Gasteiger partial charge in [-0.25, -0.2) is 14.6 Å². The van der Waals surface area contributed by atoms with Crippen LogP contribution in [0.15, 0.2) is 30.6 Å². The lowest BCUT2D eigenvalue weighted by Gasteiger charge is -2.11. The Morgan fingerprint density at radius 1 is 1.17 bits per heavy atom. The molecule has 3 aromatic rings. The quantitative estimate of drug-likeness (QED) is 0.726. The molecule has 0 saturated carbocycles. The molecule has 2 aromatic heterocycles. The number of aromatic nitrogens is 5. The van der Waals surface area contributed by atoms with Crippen molar-refractivity contribution in [2.45, 2.75) is 52.3 Å². The molecule has 1 unspecified atom stereocenters. The molecule has 0 saturated heterocycles. The lowest BCUT2D eigenvalue weighted by atomic mass is 10.2. The Balaban J connectivity index is 1.80. The van der Waals surface area contributed by atoms with Gasteiger partial charge in [0.1, 0.15) is 18.0 Å². The van der Waals surface area contributed by atoms with Crippen LogP contribution in [0.5, 0.6) is 0 Å². The van der Waals surface area contributed by atoms with E-state index in [0.717, 1.165) is 42.1 Å². The summed E-state index contributed by atoms with van der Waals surface area (Å²) < 4.78 is 4.06. The summed E-state index contributed by atoms with van der Waals surface area (Å²) in [5.74, 6) is 1.99. The van der Waals surface area contributed by atoms with Gasteiger partial charge in [-0.3, -0.25) is 0 Å². The summed E-state index contributed by atoms with van der Waals surface area (Å²) in [5.41, 5.74) is 2.19. The van der Waals surface area contributed by atoms with E-state index < -0.39 is 0 Å². The van der Waals surface area contributed by atoms with Gasteiger partial charge >= 0.3 is 0 Å². The largest absolute Gasteiger partial charge is 0.391 e. The maximum atomic E-state index is 9.83. The van der Waals surface area contributed by atoms with Crippen LogP contribution in [0.3, 0.4) is 0 Å². The Bertz CT molecular complexity index is 776. The van der Waals surface area contributed by atoms with E-state index in [0.29, 0.717) is 13.0 Å². The third-order valence-electron chi connectivity index (χ3n) is 4.16. The Kier molecular flexibility index (Phi) is 4.71. The van der Waals surface area contributed by atoms with Crippen molar-refractivity contribution in [1.82, 2.24) is 24.3 Å². The maximum Gasteiger partial charge on any atom is 0.138 e. The Hall–Kier alpha value is -2.21. The van der Waals surface area contributed by atoms with Crippen molar-refractivity contribution in [2.75, 3.05) is 0 Å². The number of aliphatic hydroxyl groups excluding tert-OH is 1. The fraction of sp³-hybridized carbons (Fsp3) is 0.471. The number of hydrogen-bond donors (Lipinski definition) is 1. The van der Waals surface area contributed by atoms with E-state index in [1.54, 1.807) is 11.0 Å². The molecule has 1 aromatic carbocycles. The fourth-order valence-electron chi connectivity index (χ4n) is 2.82. The first-order valence-corrected chi connectivity index (χ1v) is 8.21. The van der Waals surface area contributed by atoms with Gasteiger partial charge in [-0.2, -0.15) is 5.10 Å². The number of imidazole rings is 1. The van der Waals surface area contributed by atoms with E-state index in [2.05, 4.69) is 27.6 Å². The van der Waals surface area contributed by atoms with Gasteiger partial charge in [0.2, 0.25) is 0 Å². The minimum absolute atomic E-state index is 0.379. The Morgan fingerprint density at radius 2 is 2.00 bits per heavy atom. The highest BCUT2D eigenvalue weighted by atomic mass is 16.3. The number of aryl methyl sites for hydroxylation is 3. The fourth-order valence-corrected chi connectivity index (χ4v) is 2.82. The molecule has 6 nitrogen and oxygen atoms in total. The zero-order chi connectivity index (χ0) is 16.2. The van der Waals surface area contributed by atoms with Crippen LogP contribution in [-0.4, -0.2) is 35.5 Å². The average molecular weight is 313 g/mol. The molecule has 6 heteroatoms. The predicted octanol–water partition coefficient (Wildman–Crippen LogP) is 2.20. The molecule has 0 fully saturated rings. The average Bonchev–Trinajstić information content (AvgIpc) is 3.16. The van der Waals surface area contributed by atoms with Gasteiger partial charge in [-0.05, 0) is 18.6 Å². The van der Waals surface area contributed by atoms with Crippen molar-refractivity contribution < 1.29 is 5.11 Å². The number of fused-ring (bicyclic) bond motifs is 1. The lowest BCUT2D eigenvalue weighted by Crippen LogP contribution is -2.19. The first-order chi connectivity index (χ1) is 11.2. The van der Waals surface area contributed by atoms with Gasteiger partial charge in [-0.15, -0.1) is 0 Å². The Morgan fingerprint density at radius 3 is 2.78 bits per heavy atom. The molecule has 2 heterocycles. The number of rotatable bonds is 7. The van der Waals surface area contributed by atoms with Crippen LogP contribution in [0.25, 0.3) is 11.0 Å². The predicted molar refractivity (Wildman–Crippen MR) is 89.1 cm³/mol. The number of nitrogens with zero attached hydrogens (tertiary/aromatic N) is 5. The molecule has 3 rings (SSSR count). The summed E-state index contributed by atoms with van der Waals surface area (Å²) in [6.45, 7) is 5.39. The molecule has 0 aliphatic heterocycles. The summed E-state index contributed by atoms with van der Waals surface area (Å²) in [6, 6.07) is 8.21. The van der Waals surface area contributed by atoms with Gasteiger partial charge in [-0.1, -0.05) is 26.0 Å². The van der Waals surface area contributed by atoms with Crippen LogP contribution in [0.1, 0.15) is 31.9 Å². The topological polar surface area (TPSA) is 68.8 Å². The summed E-state index contributed by atoms with van der Waals surface area (Å²) >= 11 is 0. The number of para-hydroxylation sites is 2. The number of benzene rings is 1. The van der Waals surface area contributed by atoms with Crippen LogP contribution >= 0.6 is 0 Å². The highest BCUT2D eigenvalue weighted by molar-refractivity contribution is 5.75. The summed E-state index contributed by atoms with van der Waals surface area (Å²) in [4.78, 5) is 9.04. The summed E-state index contributed by atoms with van der Waals surface area (Å²) in [7, 11) is 0. The second kappa shape index (κ2) is 6.91. The van der Waals surface area contributed by atoms with Gasteiger partial charge in [0.15, 0.2) is 0 Å². The SMILES string of the molecule is CCc1nc2ccccc2n1CCc1ncnn1CC(O)CC. The second-order valence-electron chi connectivity index (χ2n) is 5.69. The smallest absolute Gasteiger partial charge is 0.138 e. The third kappa shape index (κ3) is 3.27. The van der Waals surface area contributed by atoms with E-state index in [9.17, 15) is 5.11 Å². The molecule has 0 amide bonds. The normalized spacial score (nSPS) is 12.8. The molecule has 0 spiro atoms. The maximum absolute atomic E-state index is 9.83. The van der Waals surface area contributed by atoms with Crippen molar-refractivity contribution in [2.24, 2.45) is 0 Å². The van der Waals surface area contributed by atoms with Crippen molar-refractivity contribution in [3.8, 4) is 0 Å². The van der Waals surface area contributed by atoms with E-state index in [-0.39, 0.29) is 6.10 Å². The van der Waals surface area contributed by atoms with Crippen molar-refractivity contribution in [3.05, 3.63) is 42.2 Å². The van der Waals surface area contributed by atoms with E-state index >= 15 is 0 Å². The molecule has 0 aliphatic carbocycles. The molecule has 23 heavy (non-hydrogen) atoms. The first kappa shape index (κ1) is 15.7. The van der Waals surface area contributed by atoms with Crippen LogP contribution in [0.2, 0.25) is 0 Å². The first-order valence-electron chi connectivity index (χ1n) is 8.21. The monoisotopic (exact) mass is 313 g/mol. The van der Waals surface area contributed by atoms with Crippen LogP contribution in [-0.2, 0) is 25.9 Å². The van der Waals surface area contributed by atoms with E-state index in [1.807, 2.05) is 25.1 Å². The van der Waals surface area contributed by atoms with E-state index in [1.165, 1.54) is 0 Å². The standard InChI is InChI=1S/C17H23N5O/c1-3-13(23)11-22-17(18-12-19-22)9-10-21-15-8-6-5-7-14(15)20-16(21)4-2/h5-8,12-13,23H,3-4,9-11H2,1-2H3. The van der Waals surface area contributed by atoms with Gasteiger partial charge < -0.3 is 9.67 Å². The van der Waals surface area contributed by atoms with Crippen LogP contribution in [0, 0.1) is 0 Å². The highest BCUT2D eigenvalue weighted by Crippen LogP contribution is 2.17. The summed E-state index contributed by atoms with van der Waals surface area (Å²) in [5, 5.41) is 14.1. The molecule has 0 radical (unpaired) electrons. The molecule has 0 bridgehead atoms. The molecular formula is C17H23N5O. The van der Waals surface area contributed by atoms with Crippen molar-refractivity contribution in [3.63, 3.8) is 0 Å². The molecule has 0 aliphatic rings. The van der Waals surface area contributed by atoms with Crippen molar-refractivity contribution >= 4 is 11.0 Å². The molecular weight excluding hydrogens is 290 g/mol. The summed E-state index contributed by atoms with van der Waals surface area (Å²) in [6.07, 6.45) is 3.56. The minimum atomic E-state index is -0.379. The van der Waals surface area contributed by atoms with Gasteiger partial charge in [0.25, 0.3) is 0 Å². The Labute approximate surface area is 135 Å². The molecule has 1 N–H and O–H groups in total. The minimum Gasteiger partial charge on any atom is -0.391 e. The third-order valence-corrected chi connectivity index (χ3v) is 4.16. The van der Waals surface area contributed by atoms with Gasteiger partial charge in [0.05, 0.1) is 23.7 Å². The van der Waals surface area contributed by atoms with Crippen molar-refractivity contribution in [1.29, 1.82) is 0 Å². The molecule has 122 valence electrons. The molecule has 1 atom stereocenters. The van der Waals surface area contributed by atoms with Crippen LogP contribution < -0.4 is 0 Å². The number of aliphatic hydroxyl groups is 1. The number of hydrogen-bond acceptors (Lipinski definition) is 4. The van der Waals surface area contributed by atoms with E-state index in [4.69, 9.17) is 4.98 Å². The lowest BCUT2D eigenvalue weighted by molar-refractivity contribution is 0.143.